The maximum atomic E-state index is 11.5. The third-order valence-corrected chi connectivity index (χ3v) is 2.41. The van der Waals surface area contributed by atoms with Crippen LogP contribution in [0.2, 0.25) is 5.02 Å². The van der Waals surface area contributed by atoms with Gasteiger partial charge in [0.25, 0.3) is 0 Å². The van der Waals surface area contributed by atoms with Crippen LogP contribution in [0.1, 0.15) is 12.6 Å². The summed E-state index contributed by atoms with van der Waals surface area (Å²) in [7, 11) is 0. The third kappa shape index (κ3) is 3.04. The second-order valence-electron chi connectivity index (χ2n) is 3.61. The number of aromatic nitrogens is 4. The van der Waals surface area contributed by atoms with Gasteiger partial charge in [0, 0.05) is 12.7 Å². The second-order valence-corrected chi connectivity index (χ2v) is 4.04. The maximum Gasteiger partial charge on any atom is 0.347 e. The zero-order valence-electron chi connectivity index (χ0n) is 9.80. The highest BCUT2D eigenvalue weighted by atomic mass is 35.5. The topological polar surface area (TPSA) is 72.7 Å². The van der Waals surface area contributed by atoms with Crippen molar-refractivity contribution in [1.82, 2.24) is 19.5 Å². The first-order valence-corrected chi connectivity index (χ1v) is 5.83. The van der Waals surface area contributed by atoms with Gasteiger partial charge in [-0.1, -0.05) is 11.6 Å². The lowest BCUT2D eigenvalue weighted by Gasteiger charge is -2.05. The molecule has 0 unspecified atom stereocenters. The summed E-state index contributed by atoms with van der Waals surface area (Å²) in [5.41, 5.74) is 0.305. The zero-order chi connectivity index (χ0) is 13.0. The van der Waals surface area contributed by atoms with Crippen LogP contribution in [0, 0.1) is 0 Å². The highest BCUT2D eigenvalue weighted by molar-refractivity contribution is 6.30. The van der Waals surface area contributed by atoms with Crippen molar-refractivity contribution in [2.75, 3.05) is 11.9 Å². The summed E-state index contributed by atoms with van der Waals surface area (Å²) in [4.78, 5) is 23.5. The van der Waals surface area contributed by atoms with Crippen LogP contribution in [0.4, 0.5) is 5.82 Å². The molecule has 0 amide bonds. The van der Waals surface area contributed by atoms with Crippen molar-refractivity contribution >= 4 is 17.4 Å². The average molecular weight is 266 g/mol. The minimum atomic E-state index is -0.364. The van der Waals surface area contributed by atoms with E-state index in [1.807, 2.05) is 6.92 Å². The summed E-state index contributed by atoms with van der Waals surface area (Å²) < 4.78 is 1.39. The van der Waals surface area contributed by atoms with E-state index in [9.17, 15) is 4.79 Å². The van der Waals surface area contributed by atoms with Gasteiger partial charge in [-0.3, -0.25) is 9.55 Å². The number of hydrogen-bond donors (Lipinski definition) is 1. The quantitative estimate of drug-likeness (QED) is 0.898. The summed E-state index contributed by atoms with van der Waals surface area (Å²) in [6.45, 7) is 3.06. The molecule has 7 heteroatoms. The summed E-state index contributed by atoms with van der Waals surface area (Å²) in [6.07, 6.45) is 6.09. The second kappa shape index (κ2) is 5.59. The molecule has 0 aliphatic carbocycles. The summed E-state index contributed by atoms with van der Waals surface area (Å²) in [6, 6.07) is 0. The molecule has 6 nitrogen and oxygen atoms in total. The molecule has 2 heterocycles. The van der Waals surface area contributed by atoms with Gasteiger partial charge in [-0.2, -0.15) is 0 Å². The molecule has 0 bridgehead atoms. The van der Waals surface area contributed by atoms with Gasteiger partial charge in [0.15, 0.2) is 0 Å². The highest BCUT2D eigenvalue weighted by Crippen LogP contribution is 2.04. The van der Waals surface area contributed by atoms with E-state index in [4.69, 9.17) is 11.6 Å². The molecule has 2 rings (SSSR count). The lowest BCUT2D eigenvalue weighted by Crippen LogP contribution is -2.22. The fraction of sp³-hybridized carbons (Fsp3) is 0.273. The first-order valence-electron chi connectivity index (χ1n) is 5.46. The fourth-order valence-corrected chi connectivity index (χ4v) is 1.59. The molecule has 0 saturated carbocycles. The van der Waals surface area contributed by atoms with E-state index < -0.39 is 0 Å². The van der Waals surface area contributed by atoms with Crippen molar-refractivity contribution in [3.05, 3.63) is 46.0 Å². The van der Waals surface area contributed by atoms with Gasteiger partial charge in [-0.15, -0.1) is 0 Å². The van der Waals surface area contributed by atoms with Crippen LogP contribution in [-0.4, -0.2) is 26.1 Å². The molecule has 94 valence electrons. The number of halogens is 1. The molecule has 0 aromatic carbocycles. The molecule has 2 aromatic rings. The molecule has 0 aliphatic heterocycles. The molecular weight excluding hydrogens is 254 g/mol. The van der Waals surface area contributed by atoms with E-state index in [2.05, 4.69) is 20.3 Å². The van der Waals surface area contributed by atoms with E-state index in [0.29, 0.717) is 23.1 Å². The molecular formula is C11H12ClN5O. The van der Waals surface area contributed by atoms with Gasteiger partial charge in [0.1, 0.15) is 5.82 Å². The minimum Gasteiger partial charge on any atom is -0.369 e. The lowest BCUT2D eigenvalue weighted by molar-refractivity contribution is 0.707. The van der Waals surface area contributed by atoms with E-state index in [1.165, 1.54) is 17.0 Å². The molecule has 0 atom stereocenters. The van der Waals surface area contributed by atoms with Crippen molar-refractivity contribution in [1.29, 1.82) is 0 Å². The summed E-state index contributed by atoms with van der Waals surface area (Å²) in [5, 5.41) is 3.45. The van der Waals surface area contributed by atoms with Crippen LogP contribution >= 0.6 is 11.6 Å². The molecule has 0 radical (unpaired) electrons. The lowest BCUT2D eigenvalue weighted by atomic mass is 10.4. The normalized spacial score (nSPS) is 10.3. The van der Waals surface area contributed by atoms with E-state index in [-0.39, 0.29) is 5.69 Å². The van der Waals surface area contributed by atoms with Crippen LogP contribution < -0.4 is 11.0 Å². The van der Waals surface area contributed by atoms with Crippen LogP contribution in [0.15, 0.2) is 29.6 Å². The van der Waals surface area contributed by atoms with Crippen molar-refractivity contribution in [2.45, 2.75) is 13.5 Å². The van der Waals surface area contributed by atoms with Crippen LogP contribution in [0.3, 0.4) is 0 Å². The third-order valence-electron chi connectivity index (χ3n) is 2.22. The minimum absolute atomic E-state index is 0.297. The van der Waals surface area contributed by atoms with Gasteiger partial charge in [-0.25, -0.2) is 14.8 Å². The smallest absolute Gasteiger partial charge is 0.347 e. The highest BCUT2D eigenvalue weighted by Gasteiger charge is 2.02. The Balaban J connectivity index is 2.18. The van der Waals surface area contributed by atoms with Gasteiger partial charge in [-0.05, 0) is 6.92 Å². The molecule has 0 saturated heterocycles. The van der Waals surface area contributed by atoms with Crippen LogP contribution in [0.5, 0.6) is 0 Å². The molecule has 0 fully saturated rings. The Bertz CT molecular complexity index is 581. The Labute approximate surface area is 109 Å². The van der Waals surface area contributed by atoms with Gasteiger partial charge < -0.3 is 5.32 Å². The number of nitrogens with one attached hydrogen (secondary N) is 1. The average Bonchev–Trinajstić information content (AvgIpc) is 2.37. The van der Waals surface area contributed by atoms with Crippen LogP contribution in [0.25, 0.3) is 0 Å². The monoisotopic (exact) mass is 265 g/mol. The number of nitrogens with zero attached hydrogens (tertiary/aromatic N) is 4. The van der Waals surface area contributed by atoms with Crippen molar-refractivity contribution in [3.63, 3.8) is 0 Å². The maximum absolute atomic E-state index is 11.5. The van der Waals surface area contributed by atoms with Crippen molar-refractivity contribution in [3.8, 4) is 0 Å². The predicted molar refractivity (Wildman–Crippen MR) is 68.8 cm³/mol. The first-order chi connectivity index (χ1) is 8.69. The molecule has 1 N–H and O–H groups in total. The Morgan fingerprint density at radius 1 is 1.28 bits per heavy atom. The van der Waals surface area contributed by atoms with Gasteiger partial charge in [0.05, 0.1) is 35.9 Å². The Morgan fingerprint density at radius 2 is 2.11 bits per heavy atom. The Morgan fingerprint density at radius 3 is 2.78 bits per heavy atom. The van der Waals surface area contributed by atoms with Gasteiger partial charge in [0.2, 0.25) is 0 Å². The van der Waals surface area contributed by atoms with E-state index >= 15 is 0 Å². The fourth-order valence-electron chi connectivity index (χ4n) is 1.43. The molecule has 2 aromatic heterocycles. The zero-order valence-corrected chi connectivity index (χ0v) is 10.6. The van der Waals surface area contributed by atoms with Gasteiger partial charge >= 0.3 is 5.69 Å². The van der Waals surface area contributed by atoms with E-state index in [0.717, 1.165) is 6.54 Å². The standard InChI is InChI=1S/C11H12ClN5O/c1-2-13-10-5-14-9(4-15-10)7-17-6-8(12)3-16-11(17)18/h3-6H,2,7H2,1H3,(H,13,15). The molecule has 18 heavy (non-hydrogen) atoms. The van der Waals surface area contributed by atoms with Crippen molar-refractivity contribution in [2.24, 2.45) is 0 Å². The number of anilines is 1. The predicted octanol–water partition coefficient (Wildman–Crippen LogP) is 1.17. The van der Waals surface area contributed by atoms with E-state index in [1.54, 1.807) is 12.4 Å². The Kier molecular flexibility index (Phi) is 3.88. The Hall–Kier alpha value is -1.95. The SMILES string of the molecule is CCNc1cnc(Cn2cc(Cl)cnc2=O)cn1. The number of rotatable bonds is 4. The number of hydrogen-bond acceptors (Lipinski definition) is 5. The summed E-state index contributed by atoms with van der Waals surface area (Å²) >= 11 is 5.78. The largest absolute Gasteiger partial charge is 0.369 e. The summed E-state index contributed by atoms with van der Waals surface area (Å²) in [5.74, 6) is 0.706. The van der Waals surface area contributed by atoms with Crippen molar-refractivity contribution < 1.29 is 0 Å². The first kappa shape index (κ1) is 12.5. The van der Waals surface area contributed by atoms with Crippen LogP contribution in [-0.2, 0) is 6.54 Å². The molecule has 0 aliphatic rings. The molecule has 0 spiro atoms.